The molecule has 0 aliphatic heterocycles. The van der Waals surface area contributed by atoms with Gasteiger partial charge >= 0.3 is 5.97 Å². The van der Waals surface area contributed by atoms with Crippen LogP contribution in [0.1, 0.15) is 6.42 Å². The number of anilines is 1. The summed E-state index contributed by atoms with van der Waals surface area (Å²) >= 11 is 0. The van der Waals surface area contributed by atoms with Crippen molar-refractivity contribution in [3.8, 4) is 5.69 Å². The second kappa shape index (κ2) is 4.76. The van der Waals surface area contributed by atoms with Crippen LogP contribution < -0.4 is 5.32 Å². The van der Waals surface area contributed by atoms with Crippen molar-refractivity contribution in [1.82, 2.24) is 14.8 Å². The zero-order valence-corrected chi connectivity index (χ0v) is 10.4. The van der Waals surface area contributed by atoms with Gasteiger partial charge in [-0.2, -0.15) is 5.10 Å². The van der Waals surface area contributed by atoms with E-state index in [1.54, 1.807) is 18.2 Å². The Bertz CT molecular complexity index is 653. The summed E-state index contributed by atoms with van der Waals surface area (Å²) in [5.74, 6) is -2.20. The molecule has 1 amide bonds. The monoisotopic (exact) mass is 272 g/mol. The fraction of sp³-hybridized carbons (Fsp3) is 0.231. The van der Waals surface area contributed by atoms with Crippen LogP contribution in [-0.4, -0.2) is 31.7 Å². The van der Waals surface area contributed by atoms with Crippen LogP contribution in [0.25, 0.3) is 5.69 Å². The van der Waals surface area contributed by atoms with Crippen molar-refractivity contribution in [3.63, 3.8) is 0 Å². The van der Waals surface area contributed by atoms with Gasteiger partial charge in [-0.15, -0.1) is 0 Å². The first kappa shape index (κ1) is 12.3. The van der Waals surface area contributed by atoms with E-state index >= 15 is 0 Å². The highest BCUT2D eigenvalue weighted by Crippen LogP contribution is 2.39. The first-order valence-electron chi connectivity index (χ1n) is 6.14. The number of nitrogens with zero attached hydrogens (tertiary/aromatic N) is 3. The Labute approximate surface area is 114 Å². The van der Waals surface area contributed by atoms with E-state index in [-0.39, 0.29) is 5.91 Å². The topological polar surface area (TPSA) is 97.1 Å². The van der Waals surface area contributed by atoms with E-state index in [1.807, 2.05) is 6.07 Å². The number of carbonyl (C=O) groups excluding carboxylic acids is 1. The molecular weight excluding hydrogens is 260 g/mol. The maximum absolute atomic E-state index is 12.0. The number of aliphatic carboxylic acids is 1. The van der Waals surface area contributed by atoms with Gasteiger partial charge in [-0.1, -0.05) is 12.1 Å². The van der Waals surface area contributed by atoms with E-state index in [2.05, 4.69) is 15.4 Å². The number of nitrogens with one attached hydrogen (secondary N) is 1. The van der Waals surface area contributed by atoms with Crippen LogP contribution in [0, 0.1) is 11.8 Å². The molecular formula is C13H12N4O3. The average Bonchev–Trinajstić information content (AvgIpc) is 3.08. The van der Waals surface area contributed by atoms with Gasteiger partial charge < -0.3 is 10.4 Å². The molecule has 2 atom stereocenters. The molecule has 3 rings (SSSR count). The number of aromatic nitrogens is 3. The van der Waals surface area contributed by atoms with Gasteiger partial charge in [0.2, 0.25) is 5.91 Å². The summed E-state index contributed by atoms with van der Waals surface area (Å²) in [6, 6.07) is 7.15. The molecule has 1 aliphatic carbocycles. The molecule has 1 aromatic heterocycles. The molecule has 0 spiro atoms. The molecule has 0 saturated heterocycles. The first-order valence-corrected chi connectivity index (χ1v) is 6.14. The number of carboxylic acids is 1. The van der Waals surface area contributed by atoms with Gasteiger partial charge in [0, 0.05) is 0 Å². The van der Waals surface area contributed by atoms with Crippen molar-refractivity contribution in [1.29, 1.82) is 0 Å². The Hall–Kier alpha value is -2.70. The number of hydrogen-bond acceptors (Lipinski definition) is 4. The Balaban J connectivity index is 1.79. The molecule has 7 nitrogen and oxygen atoms in total. The third kappa shape index (κ3) is 2.25. The first-order chi connectivity index (χ1) is 9.66. The minimum absolute atomic E-state index is 0.273. The smallest absolute Gasteiger partial charge is 0.307 e. The lowest BCUT2D eigenvalue weighted by Crippen LogP contribution is -2.18. The highest BCUT2D eigenvalue weighted by molar-refractivity contribution is 5.99. The Morgan fingerprint density at radius 2 is 2.10 bits per heavy atom. The van der Waals surface area contributed by atoms with Gasteiger partial charge in [0.1, 0.15) is 12.7 Å². The fourth-order valence-corrected chi connectivity index (χ4v) is 2.09. The predicted molar refractivity (Wildman–Crippen MR) is 69.2 cm³/mol. The molecule has 0 bridgehead atoms. The zero-order chi connectivity index (χ0) is 14.1. The fourth-order valence-electron chi connectivity index (χ4n) is 2.09. The third-order valence-corrected chi connectivity index (χ3v) is 3.27. The van der Waals surface area contributed by atoms with E-state index in [0.29, 0.717) is 17.8 Å². The van der Waals surface area contributed by atoms with E-state index < -0.39 is 17.8 Å². The normalized spacial score (nSPS) is 20.4. The largest absolute Gasteiger partial charge is 0.481 e. The molecule has 2 aromatic rings. The van der Waals surface area contributed by atoms with Crippen molar-refractivity contribution in [2.75, 3.05) is 5.32 Å². The molecule has 1 aromatic carbocycles. The van der Waals surface area contributed by atoms with Crippen LogP contribution in [0.15, 0.2) is 36.9 Å². The minimum Gasteiger partial charge on any atom is -0.481 e. The van der Waals surface area contributed by atoms with E-state index in [4.69, 9.17) is 5.11 Å². The summed E-state index contributed by atoms with van der Waals surface area (Å²) in [6.45, 7) is 0. The van der Waals surface area contributed by atoms with Crippen LogP contribution in [-0.2, 0) is 9.59 Å². The standard InChI is InChI=1S/C13H12N4O3/c18-12(8-5-9(8)13(19)20)16-10-3-1-2-4-11(10)17-7-14-6-15-17/h1-4,6-9H,5H2,(H,16,18)(H,19,20). The van der Waals surface area contributed by atoms with Crippen LogP contribution in [0.5, 0.6) is 0 Å². The van der Waals surface area contributed by atoms with Gasteiger partial charge in [0.25, 0.3) is 0 Å². The lowest BCUT2D eigenvalue weighted by atomic mass is 10.2. The molecule has 1 aliphatic rings. The maximum atomic E-state index is 12.0. The van der Waals surface area contributed by atoms with Crippen LogP contribution in [0.3, 0.4) is 0 Å². The molecule has 102 valence electrons. The van der Waals surface area contributed by atoms with E-state index in [0.717, 1.165) is 0 Å². The van der Waals surface area contributed by atoms with Crippen molar-refractivity contribution in [3.05, 3.63) is 36.9 Å². The quantitative estimate of drug-likeness (QED) is 0.862. The Morgan fingerprint density at radius 3 is 2.75 bits per heavy atom. The third-order valence-electron chi connectivity index (χ3n) is 3.27. The van der Waals surface area contributed by atoms with Gasteiger partial charge in [0.05, 0.1) is 23.2 Å². The summed E-state index contributed by atoms with van der Waals surface area (Å²) < 4.78 is 1.54. The maximum Gasteiger partial charge on any atom is 0.307 e. The molecule has 1 fully saturated rings. The molecule has 7 heteroatoms. The summed E-state index contributed by atoms with van der Waals surface area (Å²) in [4.78, 5) is 26.6. The Morgan fingerprint density at radius 1 is 1.30 bits per heavy atom. The molecule has 2 unspecified atom stereocenters. The predicted octanol–water partition coefficient (Wildman–Crippen LogP) is 0.927. The number of carboxylic acid groups (broad SMARTS) is 1. The Kier molecular flexibility index (Phi) is 2.94. The highest BCUT2D eigenvalue weighted by atomic mass is 16.4. The van der Waals surface area contributed by atoms with Crippen LogP contribution >= 0.6 is 0 Å². The minimum atomic E-state index is -0.922. The van der Waals surface area contributed by atoms with Crippen molar-refractivity contribution in [2.45, 2.75) is 6.42 Å². The number of carbonyl (C=O) groups is 2. The lowest BCUT2D eigenvalue weighted by molar-refractivity contribution is -0.139. The number of benzene rings is 1. The van der Waals surface area contributed by atoms with E-state index in [1.165, 1.54) is 17.3 Å². The summed E-state index contributed by atoms with van der Waals surface area (Å²) in [5, 5.41) is 15.6. The van der Waals surface area contributed by atoms with Gasteiger partial charge in [0.15, 0.2) is 0 Å². The van der Waals surface area contributed by atoms with Crippen molar-refractivity contribution in [2.24, 2.45) is 11.8 Å². The van der Waals surface area contributed by atoms with Gasteiger partial charge in [-0.25, -0.2) is 9.67 Å². The number of amides is 1. The highest BCUT2D eigenvalue weighted by Gasteiger charge is 2.48. The molecule has 20 heavy (non-hydrogen) atoms. The average molecular weight is 272 g/mol. The second-order valence-corrected chi connectivity index (χ2v) is 4.63. The molecule has 1 saturated carbocycles. The van der Waals surface area contributed by atoms with Crippen molar-refractivity contribution >= 4 is 17.6 Å². The number of para-hydroxylation sites is 2. The van der Waals surface area contributed by atoms with Crippen LogP contribution in [0.2, 0.25) is 0 Å². The SMILES string of the molecule is O=C(O)C1CC1C(=O)Nc1ccccc1-n1cncn1. The summed E-state index contributed by atoms with van der Waals surface area (Å²) in [5.41, 5.74) is 1.27. The number of hydrogen-bond donors (Lipinski definition) is 2. The van der Waals surface area contributed by atoms with E-state index in [9.17, 15) is 9.59 Å². The lowest BCUT2D eigenvalue weighted by Gasteiger charge is -2.10. The second-order valence-electron chi connectivity index (χ2n) is 4.63. The van der Waals surface area contributed by atoms with Gasteiger partial charge in [-0.3, -0.25) is 9.59 Å². The summed E-state index contributed by atoms with van der Waals surface area (Å²) in [7, 11) is 0. The van der Waals surface area contributed by atoms with Crippen LogP contribution in [0.4, 0.5) is 5.69 Å². The molecule has 0 radical (unpaired) electrons. The molecule has 1 heterocycles. The number of rotatable bonds is 4. The zero-order valence-electron chi connectivity index (χ0n) is 10.4. The van der Waals surface area contributed by atoms with Crippen molar-refractivity contribution < 1.29 is 14.7 Å². The van der Waals surface area contributed by atoms with Gasteiger partial charge in [-0.05, 0) is 18.6 Å². The molecule has 2 N–H and O–H groups in total. The summed E-state index contributed by atoms with van der Waals surface area (Å²) in [6.07, 6.45) is 3.33.